The number of nitrogens with one attached hydrogen (secondary N) is 2. The molecule has 0 fully saturated rings. The Hall–Kier alpha value is -2.92. The van der Waals surface area contributed by atoms with Crippen molar-refractivity contribution in [1.29, 1.82) is 0 Å². The van der Waals surface area contributed by atoms with Crippen LogP contribution in [0.5, 0.6) is 0 Å². The van der Waals surface area contributed by atoms with E-state index in [0.717, 1.165) is 31.8 Å². The average molecular weight is 395 g/mol. The fourth-order valence-electron chi connectivity index (χ4n) is 3.38. The van der Waals surface area contributed by atoms with E-state index >= 15 is 0 Å². The number of hydrogen-bond acceptors (Lipinski definition) is 3. The third-order valence-electron chi connectivity index (χ3n) is 4.83. The van der Waals surface area contributed by atoms with Gasteiger partial charge in [0, 0.05) is 25.3 Å². The van der Waals surface area contributed by atoms with Crippen molar-refractivity contribution in [2.45, 2.75) is 38.6 Å². The molecule has 2 aromatic rings. The van der Waals surface area contributed by atoms with E-state index in [0.29, 0.717) is 18.5 Å². The fraction of sp³-hybridized carbons (Fsp3) is 0.333. The Balaban J connectivity index is 0.00000145. The predicted molar refractivity (Wildman–Crippen MR) is 117 cm³/mol. The molecule has 0 bridgehead atoms. The summed E-state index contributed by atoms with van der Waals surface area (Å²) in [6, 6.07) is 11.9. The van der Waals surface area contributed by atoms with Crippen LogP contribution in [-0.4, -0.2) is 35.4 Å². The van der Waals surface area contributed by atoms with E-state index in [4.69, 9.17) is 5.11 Å². The van der Waals surface area contributed by atoms with Crippen molar-refractivity contribution in [2.24, 2.45) is 5.92 Å². The number of aliphatic hydroxyl groups excluding tert-OH is 1. The number of benzene rings is 1. The number of H-pyrrole nitrogens is 1. The molecule has 0 spiro atoms. The van der Waals surface area contributed by atoms with E-state index in [1.54, 1.807) is 18.3 Å². The van der Waals surface area contributed by atoms with Gasteiger partial charge < -0.3 is 20.2 Å². The Labute approximate surface area is 172 Å². The summed E-state index contributed by atoms with van der Waals surface area (Å²) in [6.07, 6.45) is 12.8. The first-order valence-electron chi connectivity index (χ1n) is 9.96. The molecule has 2 atom stereocenters. The molecule has 1 amide bonds. The van der Waals surface area contributed by atoms with E-state index in [9.17, 15) is 9.59 Å². The smallest absolute Gasteiger partial charge is 0.267 e. The number of aldehydes is 1. The molecule has 5 nitrogen and oxygen atoms in total. The molecule has 154 valence electrons. The maximum absolute atomic E-state index is 12.4. The van der Waals surface area contributed by atoms with Crippen molar-refractivity contribution in [3.8, 4) is 0 Å². The highest BCUT2D eigenvalue weighted by molar-refractivity contribution is 5.92. The molecule has 5 heteroatoms. The van der Waals surface area contributed by atoms with E-state index in [1.165, 1.54) is 11.1 Å². The first-order valence-corrected chi connectivity index (χ1v) is 9.96. The summed E-state index contributed by atoms with van der Waals surface area (Å²) in [4.78, 5) is 26.4. The van der Waals surface area contributed by atoms with E-state index in [2.05, 4.69) is 52.8 Å². The van der Waals surface area contributed by atoms with Crippen LogP contribution in [0.25, 0.3) is 5.57 Å². The third-order valence-corrected chi connectivity index (χ3v) is 4.83. The number of aliphatic hydroxyl groups is 1. The minimum Gasteiger partial charge on any atom is -0.400 e. The summed E-state index contributed by atoms with van der Waals surface area (Å²) in [6.45, 7) is 1.88. The lowest BCUT2D eigenvalue weighted by atomic mass is 9.94. The number of amides is 1. The van der Waals surface area contributed by atoms with E-state index in [-0.39, 0.29) is 17.9 Å². The molecule has 0 radical (unpaired) electrons. The molecular weight excluding hydrogens is 364 g/mol. The van der Waals surface area contributed by atoms with Crippen LogP contribution in [0.15, 0.2) is 60.8 Å². The zero-order chi connectivity index (χ0) is 21.1. The standard InChI is InChI=1S/C23H26N2O2.CH4O/c1-17(16-26)14-21(25-23(27)22-8-5-13-24-22)15-18-9-11-20(12-10-18)19-6-3-2-4-7-19;1-2/h3,5-13,16-17,21,24H,2,4,14-15H2,1H3,(H,25,27);2H,1H3/t17-,21+;/m1./s1. The van der Waals surface area contributed by atoms with Gasteiger partial charge in [-0.25, -0.2) is 0 Å². The van der Waals surface area contributed by atoms with Crippen LogP contribution >= 0.6 is 0 Å². The number of aromatic amines is 1. The SMILES string of the molecule is CO.C[C@@H](C=O)C[C@@H](Cc1ccc(C2=CCCC=C2)cc1)NC(=O)c1ccc[nH]1. The number of aromatic nitrogens is 1. The van der Waals surface area contributed by atoms with Gasteiger partial charge in [-0.2, -0.15) is 0 Å². The normalized spacial score (nSPS) is 14.8. The number of hydrogen-bond donors (Lipinski definition) is 3. The van der Waals surface area contributed by atoms with Gasteiger partial charge in [-0.15, -0.1) is 0 Å². The lowest BCUT2D eigenvalue weighted by Crippen LogP contribution is -2.38. The largest absolute Gasteiger partial charge is 0.400 e. The first kappa shape index (κ1) is 22.4. The molecule has 0 saturated heterocycles. The van der Waals surface area contributed by atoms with Crippen LogP contribution in [0, 0.1) is 5.92 Å². The van der Waals surface area contributed by atoms with Crippen molar-refractivity contribution in [2.75, 3.05) is 7.11 Å². The molecule has 1 aromatic heterocycles. The zero-order valence-corrected chi connectivity index (χ0v) is 17.1. The monoisotopic (exact) mass is 394 g/mol. The average Bonchev–Trinajstić information content (AvgIpc) is 3.31. The predicted octanol–water partition coefficient (Wildman–Crippen LogP) is 3.92. The second kappa shape index (κ2) is 11.8. The van der Waals surface area contributed by atoms with Crippen molar-refractivity contribution >= 4 is 17.8 Å². The van der Waals surface area contributed by atoms with Crippen LogP contribution in [0.1, 0.15) is 47.8 Å². The number of carbonyl (C=O) groups excluding carboxylic acids is 2. The molecule has 3 N–H and O–H groups in total. The summed E-state index contributed by atoms with van der Waals surface area (Å²) in [5, 5.41) is 10.1. The van der Waals surface area contributed by atoms with Crippen molar-refractivity contribution < 1.29 is 14.7 Å². The van der Waals surface area contributed by atoms with Crippen molar-refractivity contribution in [3.63, 3.8) is 0 Å². The Morgan fingerprint density at radius 1 is 1.21 bits per heavy atom. The maximum atomic E-state index is 12.4. The topological polar surface area (TPSA) is 82.2 Å². The second-order valence-corrected chi connectivity index (χ2v) is 7.14. The molecule has 29 heavy (non-hydrogen) atoms. The highest BCUT2D eigenvalue weighted by atomic mass is 16.2. The number of rotatable bonds is 8. The minimum absolute atomic E-state index is 0.0966. The molecule has 3 rings (SSSR count). The zero-order valence-electron chi connectivity index (χ0n) is 17.1. The van der Waals surface area contributed by atoms with Crippen LogP contribution < -0.4 is 5.32 Å². The van der Waals surface area contributed by atoms with Gasteiger partial charge >= 0.3 is 0 Å². The molecule has 1 heterocycles. The molecule has 0 aliphatic heterocycles. The van der Waals surface area contributed by atoms with Crippen LogP contribution in [0.4, 0.5) is 0 Å². The Morgan fingerprint density at radius 3 is 2.55 bits per heavy atom. The number of carbonyl (C=O) groups is 2. The summed E-state index contributed by atoms with van der Waals surface area (Å²) in [7, 11) is 1.00. The summed E-state index contributed by atoms with van der Waals surface area (Å²) in [5.74, 6) is -0.243. The molecule has 0 unspecified atom stereocenters. The quantitative estimate of drug-likeness (QED) is 0.594. The number of allylic oxidation sites excluding steroid dienone is 4. The molecule has 1 aliphatic rings. The third kappa shape index (κ3) is 6.88. The first-order chi connectivity index (χ1) is 14.2. The lowest BCUT2D eigenvalue weighted by molar-refractivity contribution is -0.111. The maximum Gasteiger partial charge on any atom is 0.267 e. The van der Waals surface area contributed by atoms with E-state index in [1.807, 2.05) is 6.92 Å². The van der Waals surface area contributed by atoms with Gasteiger partial charge in [0.15, 0.2) is 0 Å². The fourth-order valence-corrected chi connectivity index (χ4v) is 3.38. The van der Waals surface area contributed by atoms with Crippen molar-refractivity contribution in [3.05, 3.63) is 77.6 Å². The van der Waals surface area contributed by atoms with Crippen LogP contribution in [-0.2, 0) is 11.2 Å². The Bertz CT molecular complexity index is 820. The molecular formula is C24H30N2O3. The highest BCUT2D eigenvalue weighted by Gasteiger charge is 2.18. The lowest BCUT2D eigenvalue weighted by Gasteiger charge is -2.20. The van der Waals surface area contributed by atoms with E-state index < -0.39 is 0 Å². The highest BCUT2D eigenvalue weighted by Crippen LogP contribution is 2.22. The van der Waals surface area contributed by atoms with Crippen molar-refractivity contribution in [1.82, 2.24) is 10.3 Å². The summed E-state index contributed by atoms with van der Waals surface area (Å²) in [5.41, 5.74) is 4.15. The summed E-state index contributed by atoms with van der Waals surface area (Å²) < 4.78 is 0. The van der Waals surface area contributed by atoms with Gasteiger partial charge in [0.2, 0.25) is 0 Å². The molecule has 1 aliphatic carbocycles. The Kier molecular flexibility index (Phi) is 9.12. The van der Waals surface area contributed by atoms with Gasteiger partial charge in [0.1, 0.15) is 12.0 Å². The van der Waals surface area contributed by atoms with Gasteiger partial charge in [-0.1, -0.05) is 49.4 Å². The van der Waals surface area contributed by atoms with Gasteiger partial charge in [-0.05, 0) is 54.5 Å². The van der Waals surface area contributed by atoms with Gasteiger partial charge in [-0.3, -0.25) is 4.79 Å². The van der Waals surface area contributed by atoms with Gasteiger partial charge in [0.05, 0.1) is 0 Å². The van der Waals surface area contributed by atoms with Gasteiger partial charge in [0.25, 0.3) is 5.91 Å². The molecule has 0 saturated carbocycles. The Morgan fingerprint density at radius 2 is 1.97 bits per heavy atom. The van der Waals surface area contributed by atoms with Crippen LogP contribution in [0.2, 0.25) is 0 Å². The minimum atomic E-state index is -0.141. The second-order valence-electron chi connectivity index (χ2n) is 7.14. The van der Waals surface area contributed by atoms with Crippen LogP contribution in [0.3, 0.4) is 0 Å². The summed E-state index contributed by atoms with van der Waals surface area (Å²) >= 11 is 0. The molecule has 1 aromatic carbocycles.